The summed E-state index contributed by atoms with van der Waals surface area (Å²) in [6.45, 7) is 0.456. The van der Waals surface area contributed by atoms with Crippen molar-refractivity contribution in [3.63, 3.8) is 0 Å². The smallest absolute Gasteiger partial charge is 0.285 e. The molecule has 7 heteroatoms. The Morgan fingerprint density at radius 3 is 2.45 bits per heavy atom. The highest BCUT2D eigenvalue weighted by atomic mass is 32.2. The molecule has 154 valence electrons. The van der Waals surface area contributed by atoms with Crippen molar-refractivity contribution in [2.24, 2.45) is 0 Å². The minimum Gasteiger partial charge on any atom is -0.489 e. The number of rotatable bonds is 6. The van der Waals surface area contributed by atoms with Gasteiger partial charge in [-0.15, -0.1) is 0 Å². The zero-order chi connectivity index (χ0) is 21.6. The predicted octanol–water partition coefficient (Wildman–Crippen LogP) is 4.81. The third-order valence-electron chi connectivity index (χ3n) is 4.45. The summed E-state index contributed by atoms with van der Waals surface area (Å²) in [4.78, 5) is 25.6. The Bertz CT molecular complexity index is 1150. The first kappa shape index (κ1) is 20.8. The van der Waals surface area contributed by atoms with Crippen LogP contribution < -0.4 is 10.2 Å². The molecule has 3 aromatic carbocycles. The van der Waals surface area contributed by atoms with Crippen molar-refractivity contribution in [2.45, 2.75) is 6.61 Å². The van der Waals surface area contributed by atoms with Gasteiger partial charge in [0.15, 0.2) is 4.32 Å². The first-order valence-electron chi connectivity index (χ1n) is 9.51. The topological polar surface area (TPSA) is 58.6 Å². The Kier molecular flexibility index (Phi) is 6.45. The lowest BCUT2D eigenvalue weighted by Crippen LogP contribution is -2.44. The molecule has 1 N–H and O–H groups in total. The molecule has 3 aromatic rings. The van der Waals surface area contributed by atoms with Gasteiger partial charge in [0, 0.05) is 5.56 Å². The lowest BCUT2D eigenvalue weighted by molar-refractivity contribution is -0.123. The van der Waals surface area contributed by atoms with E-state index in [4.69, 9.17) is 17.0 Å². The van der Waals surface area contributed by atoms with Gasteiger partial charge in [-0.1, -0.05) is 72.4 Å². The number of ether oxygens (including phenoxy) is 1. The highest BCUT2D eigenvalue weighted by Crippen LogP contribution is 2.32. The summed E-state index contributed by atoms with van der Waals surface area (Å²) in [5.41, 5.74) is 4.90. The van der Waals surface area contributed by atoms with E-state index in [1.54, 1.807) is 30.3 Å². The molecule has 0 unspecified atom stereocenters. The van der Waals surface area contributed by atoms with Crippen LogP contribution in [0.1, 0.15) is 21.5 Å². The van der Waals surface area contributed by atoms with Crippen molar-refractivity contribution in [1.82, 2.24) is 10.4 Å². The van der Waals surface area contributed by atoms with Crippen molar-refractivity contribution in [2.75, 3.05) is 0 Å². The van der Waals surface area contributed by atoms with Gasteiger partial charge in [-0.3, -0.25) is 15.0 Å². The monoisotopic (exact) mass is 446 g/mol. The molecule has 0 aromatic heterocycles. The lowest BCUT2D eigenvalue weighted by atomic mass is 10.2. The number of carbonyl (C=O) groups is 2. The number of thiocarbonyl (C=S) groups is 1. The van der Waals surface area contributed by atoms with E-state index in [1.807, 2.05) is 60.7 Å². The molecule has 0 bridgehead atoms. The number of hydrazine groups is 1. The average molecular weight is 447 g/mol. The van der Waals surface area contributed by atoms with E-state index < -0.39 is 5.91 Å². The Morgan fingerprint density at radius 1 is 1.00 bits per heavy atom. The summed E-state index contributed by atoms with van der Waals surface area (Å²) in [6, 6.07) is 26.0. The minimum absolute atomic E-state index is 0.275. The van der Waals surface area contributed by atoms with E-state index in [0.29, 0.717) is 22.8 Å². The van der Waals surface area contributed by atoms with Crippen molar-refractivity contribution in [1.29, 1.82) is 0 Å². The Hall–Kier alpha value is -3.42. The van der Waals surface area contributed by atoms with Crippen LogP contribution in [-0.2, 0) is 11.4 Å². The Labute approximate surface area is 189 Å². The van der Waals surface area contributed by atoms with Crippen molar-refractivity contribution in [3.05, 3.63) is 107 Å². The van der Waals surface area contributed by atoms with E-state index in [9.17, 15) is 9.59 Å². The SMILES string of the molecule is O=C(NN1C(=O)/C(=C/c2cccc(OCc3ccccc3)c2)SC1=S)c1ccccc1. The van der Waals surface area contributed by atoms with Crippen molar-refractivity contribution >= 4 is 46.2 Å². The molecule has 31 heavy (non-hydrogen) atoms. The van der Waals surface area contributed by atoms with E-state index >= 15 is 0 Å². The zero-order valence-electron chi connectivity index (χ0n) is 16.4. The van der Waals surface area contributed by atoms with Crippen LogP contribution in [0.2, 0.25) is 0 Å². The van der Waals surface area contributed by atoms with Gasteiger partial charge in [0.05, 0.1) is 4.91 Å². The number of nitrogens with one attached hydrogen (secondary N) is 1. The van der Waals surface area contributed by atoms with Crippen molar-refractivity contribution in [3.8, 4) is 5.75 Å². The summed E-state index contributed by atoms with van der Waals surface area (Å²) >= 11 is 6.43. The van der Waals surface area contributed by atoms with E-state index in [0.717, 1.165) is 27.9 Å². The fourth-order valence-corrected chi connectivity index (χ4v) is 4.09. The maximum absolute atomic E-state index is 12.8. The molecule has 1 aliphatic heterocycles. The molecule has 0 spiro atoms. The molecule has 0 aliphatic carbocycles. The fraction of sp³-hybridized carbons (Fsp3) is 0.0417. The summed E-state index contributed by atoms with van der Waals surface area (Å²) < 4.78 is 6.13. The van der Waals surface area contributed by atoms with Gasteiger partial charge in [0.1, 0.15) is 12.4 Å². The minimum atomic E-state index is -0.394. The van der Waals surface area contributed by atoms with Gasteiger partial charge in [0.2, 0.25) is 0 Å². The summed E-state index contributed by atoms with van der Waals surface area (Å²) in [7, 11) is 0. The molecule has 0 saturated carbocycles. The van der Waals surface area contributed by atoms with Gasteiger partial charge in [0.25, 0.3) is 11.8 Å². The highest BCUT2D eigenvalue weighted by molar-refractivity contribution is 8.26. The van der Waals surface area contributed by atoms with Crippen LogP contribution in [0.15, 0.2) is 89.8 Å². The molecule has 0 atom stereocenters. The number of hydrogen-bond acceptors (Lipinski definition) is 5. The van der Waals surface area contributed by atoms with E-state index in [-0.39, 0.29) is 10.2 Å². The quantitative estimate of drug-likeness (QED) is 0.435. The van der Waals surface area contributed by atoms with Gasteiger partial charge in [-0.25, -0.2) is 0 Å². The second-order valence-corrected chi connectivity index (χ2v) is 8.35. The third-order valence-corrected chi connectivity index (χ3v) is 5.75. The van der Waals surface area contributed by atoms with E-state index in [2.05, 4.69) is 5.43 Å². The largest absolute Gasteiger partial charge is 0.489 e. The zero-order valence-corrected chi connectivity index (χ0v) is 18.0. The van der Waals surface area contributed by atoms with Crippen LogP contribution in [0.5, 0.6) is 5.75 Å². The Morgan fingerprint density at radius 2 is 1.71 bits per heavy atom. The predicted molar refractivity (Wildman–Crippen MR) is 126 cm³/mol. The molecule has 1 heterocycles. The number of amides is 2. The van der Waals surface area contributed by atoms with Gasteiger partial charge in [-0.05, 0) is 53.7 Å². The molecule has 5 nitrogen and oxygen atoms in total. The van der Waals surface area contributed by atoms with Crippen LogP contribution in [0.4, 0.5) is 0 Å². The highest BCUT2D eigenvalue weighted by Gasteiger charge is 2.33. The van der Waals surface area contributed by atoms with Gasteiger partial charge >= 0.3 is 0 Å². The second-order valence-electron chi connectivity index (χ2n) is 6.67. The van der Waals surface area contributed by atoms with Crippen molar-refractivity contribution < 1.29 is 14.3 Å². The van der Waals surface area contributed by atoms with Crippen LogP contribution >= 0.6 is 24.0 Å². The molecule has 4 rings (SSSR count). The average Bonchev–Trinajstić information content (AvgIpc) is 3.06. The van der Waals surface area contributed by atoms with Crippen LogP contribution in [0.25, 0.3) is 6.08 Å². The summed E-state index contributed by atoms with van der Waals surface area (Å²) in [5.74, 6) is -0.0604. The number of thioether (sulfide) groups is 1. The Balaban J connectivity index is 1.44. The maximum Gasteiger partial charge on any atom is 0.285 e. The standard InChI is InChI=1S/C24H18N2O3S2/c27-22(19-11-5-2-6-12-19)25-26-23(28)21(31-24(26)30)15-18-10-7-13-20(14-18)29-16-17-8-3-1-4-9-17/h1-15H,16H2,(H,25,27)/b21-15-. The number of nitrogens with zero attached hydrogens (tertiary/aromatic N) is 1. The molecule has 1 fully saturated rings. The molecular weight excluding hydrogens is 428 g/mol. The number of hydrogen-bond donors (Lipinski definition) is 1. The molecule has 0 radical (unpaired) electrons. The molecule has 1 saturated heterocycles. The molecular formula is C24H18N2O3S2. The molecule has 1 aliphatic rings. The number of benzene rings is 3. The van der Waals surface area contributed by atoms with E-state index in [1.165, 1.54) is 0 Å². The van der Waals surface area contributed by atoms with Crippen LogP contribution in [0.3, 0.4) is 0 Å². The third kappa shape index (κ3) is 5.20. The summed E-state index contributed by atoms with van der Waals surface area (Å²) in [6.07, 6.45) is 1.74. The summed E-state index contributed by atoms with van der Waals surface area (Å²) in [5, 5.41) is 1.11. The van der Waals surface area contributed by atoms with Gasteiger partial charge < -0.3 is 4.74 Å². The lowest BCUT2D eigenvalue weighted by Gasteiger charge is -2.15. The second kappa shape index (κ2) is 9.59. The molecule has 2 amide bonds. The normalized spacial score (nSPS) is 14.7. The fourth-order valence-electron chi connectivity index (χ4n) is 2.91. The van der Waals surface area contributed by atoms with Crippen LogP contribution in [0, 0.1) is 0 Å². The number of carbonyl (C=O) groups excluding carboxylic acids is 2. The first-order chi connectivity index (χ1) is 15.1. The first-order valence-corrected chi connectivity index (χ1v) is 10.7. The maximum atomic E-state index is 12.8. The van der Waals surface area contributed by atoms with Gasteiger partial charge in [-0.2, -0.15) is 5.01 Å². The van der Waals surface area contributed by atoms with Crippen LogP contribution in [-0.4, -0.2) is 21.1 Å².